The summed E-state index contributed by atoms with van der Waals surface area (Å²) in [7, 11) is 1.92. The second kappa shape index (κ2) is 8.20. The molecular weight excluding hydrogens is 444 g/mol. The van der Waals surface area contributed by atoms with Crippen LogP contribution in [0.1, 0.15) is 30.2 Å². The summed E-state index contributed by atoms with van der Waals surface area (Å²) >= 11 is 0. The summed E-state index contributed by atoms with van der Waals surface area (Å²) in [5.41, 5.74) is 10.2. The van der Waals surface area contributed by atoms with E-state index in [4.69, 9.17) is 10.5 Å². The molecular formula is C27H26N4O4. The smallest absolute Gasteiger partial charge is 0.259 e. The monoisotopic (exact) mass is 470 g/mol. The number of aliphatic hydroxyl groups is 1. The Morgan fingerprint density at radius 2 is 1.54 bits per heavy atom. The van der Waals surface area contributed by atoms with Gasteiger partial charge in [-0.25, -0.2) is 0 Å². The molecule has 4 N–H and O–H groups in total. The number of aliphatic hydroxyl groups excluding tert-OH is 1. The van der Waals surface area contributed by atoms with Gasteiger partial charge in [0.25, 0.3) is 11.8 Å². The van der Waals surface area contributed by atoms with E-state index in [1.807, 2.05) is 77.1 Å². The van der Waals surface area contributed by atoms with Crippen molar-refractivity contribution in [3.63, 3.8) is 0 Å². The topological polar surface area (TPSA) is 112 Å². The maximum atomic E-state index is 13.2. The first kappa shape index (κ1) is 21.8. The number of rotatable bonds is 4. The van der Waals surface area contributed by atoms with Crippen molar-refractivity contribution in [3.05, 3.63) is 72.1 Å². The molecule has 3 atom stereocenters. The van der Waals surface area contributed by atoms with Gasteiger partial charge in [0.1, 0.15) is 6.23 Å². The van der Waals surface area contributed by atoms with Crippen LogP contribution in [0.15, 0.2) is 60.9 Å². The molecule has 8 nitrogen and oxygen atoms in total. The van der Waals surface area contributed by atoms with Crippen molar-refractivity contribution in [1.82, 2.24) is 14.5 Å². The number of hydrogen-bond donors (Lipinski definition) is 3. The molecule has 0 saturated carbocycles. The van der Waals surface area contributed by atoms with Gasteiger partial charge < -0.3 is 24.7 Å². The Bertz CT molecular complexity index is 1530. The molecule has 6 rings (SSSR count). The predicted molar refractivity (Wildman–Crippen MR) is 133 cm³/mol. The van der Waals surface area contributed by atoms with Crippen LogP contribution in [0.3, 0.4) is 0 Å². The van der Waals surface area contributed by atoms with Crippen LogP contribution >= 0.6 is 0 Å². The number of benzene rings is 2. The quantitative estimate of drug-likeness (QED) is 0.397. The lowest BCUT2D eigenvalue weighted by atomic mass is 9.95. The van der Waals surface area contributed by atoms with Gasteiger partial charge in [-0.1, -0.05) is 36.4 Å². The molecule has 35 heavy (non-hydrogen) atoms. The van der Waals surface area contributed by atoms with E-state index >= 15 is 0 Å². The minimum absolute atomic E-state index is 0.108. The summed E-state index contributed by atoms with van der Waals surface area (Å²) in [6.07, 6.45) is 4.19. The van der Waals surface area contributed by atoms with Crippen LogP contribution in [0.4, 0.5) is 0 Å². The Morgan fingerprint density at radius 3 is 2.23 bits per heavy atom. The molecule has 0 spiro atoms. The Kier molecular flexibility index (Phi) is 5.10. The van der Waals surface area contributed by atoms with Gasteiger partial charge in [-0.15, -0.1) is 0 Å². The van der Waals surface area contributed by atoms with Crippen molar-refractivity contribution in [3.8, 4) is 0 Å². The lowest BCUT2D eigenvalue weighted by molar-refractivity contribution is -0.122. The van der Waals surface area contributed by atoms with Gasteiger partial charge in [0.2, 0.25) is 0 Å². The van der Waals surface area contributed by atoms with Gasteiger partial charge in [0.15, 0.2) is 0 Å². The number of fused-ring (bicyclic) bond motifs is 2. The highest BCUT2D eigenvalue weighted by Crippen LogP contribution is 2.40. The highest BCUT2D eigenvalue weighted by Gasteiger charge is 2.36. The zero-order valence-electron chi connectivity index (χ0n) is 19.3. The van der Waals surface area contributed by atoms with Gasteiger partial charge in [-0.05, 0) is 18.6 Å². The van der Waals surface area contributed by atoms with Gasteiger partial charge >= 0.3 is 0 Å². The number of hydrogen-bond acceptors (Lipinski definition) is 5. The SMILES string of the molecule is Cn1cc(C2=C(c3cn([C@H]4C[C@@H](N)C[C@@H](CO)O4)c4ccccc34)C(=O)NC2=O)c2ccccc21. The molecule has 0 radical (unpaired) electrons. The second-order valence-corrected chi connectivity index (χ2v) is 9.30. The molecule has 2 aliphatic heterocycles. The van der Waals surface area contributed by atoms with Gasteiger partial charge in [0, 0.05) is 59.3 Å². The Labute approximate surface area is 201 Å². The molecule has 1 saturated heterocycles. The molecule has 2 aromatic carbocycles. The highest BCUT2D eigenvalue weighted by molar-refractivity contribution is 6.50. The second-order valence-electron chi connectivity index (χ2n) is 9.30. The van der Waals surface area contributed by atoms with Gasteiger partial charge in [-0.2, -0.15) is 0 Å². The molecule has 4 heterocycles. The number of nitrogens with zero attached hydrogens (tertiary/aromatic N) is 2. The number of ether oxygens (including phenoxy) is 1. The number of carbonyl (C=O) groups is 2. The van der Waals surface area contributed by atoms with E-state index in [0.717, 1.165) is 27.4 Å². The van der Waals surface area contributed by atoms with Crippen LogP contribution in [0.5, 0.6) is 0 Å². The number of imide groups is 1. The lowest BCUT2D eigenvalue weighted by Crippen LogP contribution is -2.39. The zero-order chi connectivity index (χ0) is 24.3. The zero-order valence-corrected chi connectivity index (χ0v) is 19.3. The predicted octanol–water partition coefficient (Wildman–Crippen LogP) is 2.70. The van der Waals surface area contributed by atoms with Crippen molar-refractivity contribution in [2.75, 3.05) is 6.61 Å². The van der Waals surface area contributed by atoms with Crippen molar-refractivity contribution >= 4 is 44.8 Å². The minimum atomic E-state index is -0.421. The fraction of sp³-hybridized carbons (Fsp3) is 0.259. The molecule has 2 amide bonds. The average Bonchev–Trinajstić information content (AvgIpc) is 3.49. The number of amides is 2. The van der Waals surface area contributed by atoms with E-state index in [0.29, 0.717) is 29.6 Å². The molecule has 8 heteroatoms. The number of nitrogens with two attached hydrogens (primary N) is 1. The first-order valence-corrected chi connectivity index (χ1v) is 11.7. The standard InChI is InChI=1S/C27H26N4O4/c1-30-12-19(17-6-2-4-8-21(17)30)24-25(27(34)29-26(24)33)20-13-31(22-9-5-3-7-18(20)22)23-11-15(28)10-16(14-32)35-23/h2-9,12-13,15-16,23,32H,10-11,14,28H2,1H3,(H,29,33,34)/t15-,16-,23+/m0/s1. The summed E-state index contributed by atoms with van der Waals surface area (Å²) in [5.74, 6) is -0.829. The minimum Gasteiger partial charge on any atom is -0.394 e. The van der Waals surface area contributed by atoms with Gasteiger partial charge in [0.05, 0.1) is 29.4 Å². The maximum absolute atomic E-state index is 13.2. The maximum Gasteiger partial charge on any atom is 0.259 e. The normalized spacial score (nSPS) is 23.0. The lowest BCUT2D eigenvalue weighted by Gasteiger charge is -2.34. The molecule has 2 aliphatic rings. The fourth-order valence-electron chi connectivity index (χ4n) is 5.48. The Hall–Kier alpha value is -3.72. The van der Waals surface area contributed by atoms with Crippen LogP contribution in [0.25, 0.3) is 33.0 Å². The molecule has 1 fully saturated rings. The summed E-state index contributed by atoms with van der Waals surface area (Å²) in [5, 5.41) is 13.9. The third kappa shape index (κ3) is 3.41. The van der Waals surface area contributed by atoms with Crippen molar-refractivity contribution in [1.29, 1.82) is 0 Å². The third-order valence-electron chi connectivity index (χ3n) is 7.04. The highest BCUT2D eigenvalue weighted by atomic mass is 16.5. The van der Waals surface area contributed by atoms with E-state index in [9.17, 15) is 14.7 Å². The van der Waals surface area contributed by atoms with Crippen molar-refractivity contribution in [2.24, 2.45) is 12.8 Å². The van der Waals surface area contributed by atoms with E-state index in [1.54, 1.807) is 0 Å². The summed E-state index contributed by atoms with van der Waals surface area (Å²) in [6, 6.07) is 15.4. The van der Waals surface area contributed by atoms with Crippen LogP contribution in [0, 0.1) is 0 Å². The van der Waals surface area contributed by atoms with E-state index < -0.39 is 18.0 Å². The number of carbonyl (C=O) groups excluding carboxylic acids is 2. The number of aromatic nitrogens is 2. The van der Waals surface area contributed by atoms with E-state index in [2.05, 4.69) is 5.32 Å². The fourth-order valence-corrected chi connectivity index (χ4v) is 5.48. The summed E-state index contributed by atoms with van der Waals surface area (Å²) < 4.78 is 10.1. The molecule has 0 aliphatic carbocycles. The molecule has 4 aromatic rings. The van der Waals surface area contributed by atoms with E-state index in [-0.39, 0.29) is 18.8 Å². The van der Waals surface area contributed by atoms with Gasteiger partial charge in [-0.3, -0.25) is 14.9 Å². The number of nitrogens with one attached hydrogen (secondary N) is 1. The number of aryl methyl sites for hydroxylation is 1. The van der Waals surface area contributed by atoms with Crippen molar-refractivity contribution < 1.29 is 19.4 Å². The molecule has 2 aromatic heterocycles. The van der Waals surface area contributed by atoms with Crippen LogP contribution in [-0.2, 0) is 21.4 Å². The Morgan fingerprint density at radius 1 is 0.943 bits per heavy atom. The third-order valence-corrected chi connectivity index (χ3v) is 7.04. The van der Waals surface area contributed by atoms with Crippen LogP contribution < -0.4 is 11.1 Å². The number of para-hydroxylation sites is 2. The Balaban J connectivity index is 1.58. The molecule has 0 bridgehead atoms. The van der Waals surface area contributed by atoms with Crippen molar-refractivity contribution in [2.45, 2.75) is 31.2 Å². The summed E-state index contributed by atoms with van der Waals surface area (Å²) in [6.45, 7) is -0.108. The van der Waals surface area contributed by atoms with E-state index in [1.165, 1.54) is 0 Å². The molecule has 0 unspecified atom stereocenters. The summed E-state index contributed by atoms with van der Waals surface area (Å²) in [4.78, 5) is 26.3. The first-order chi connectivity index (χ1) is 17.0. The van der Waals surface area contributed by atoms with Crippen LogP contribution in [-0.4, -0.2) is 44.8 Å². The molecule has 178 valence electrons. The average molecular weight is 471 g/mol. The van der Waals surface area contributed by atoms with Crippen LogP contribution in [0.2, 0.25) is 0 Å². The largest absolute Gasteiger partial charge is 0.394 e. The first-order valence-electron chi connectivity index (χ1n) is 11.7.